The van der Waals surface area contributed by atoms with Crippen LogP contribution in [0.25, 0.3) is 5.57 Å². The number of hydrogen-bond acceptors (Lipinski definition) is 1. The average molecular weight is 182 g/mol. The van der Waals surface area contributed by atoms with Gasteiger partial charge in [0.2, 0.25) is 5.91 Å². The van der Waals surface area contributed by atoms with Crippen molar-refractivity contribution in [3.8, 4) is 0 Å². The Hall–Kier alpha value is -1.28. The van der Waals surface area contributed by atoms with Gasteiger partial charge >= 0.3 is 0 Å². The standard InChI is InChI=1S/C9H8ClNO/c1-6(9(11)12)7-4-2-3-5-8(7)10/h2-5H,1H2,(H2,11,12). The number of nitrogens with two attached hydrogens (primary N) is 1. The molecule has 1 amide bonds. The lowest BCUT2D eigenvalue weighted by molar-refractivity contribution is -0.112. The van der Waals surface area contributed by atoms with Gasteiger partial charge in [0.1, 0.15) is 0 Å². The van der Waals surface area contributed by atoms with Crippen LogP contribution in [0.5, 0.6) is 0 Å². The molecule has 2 nitrogen and oxygen atoms in total. The summed E-state index contributed by atoms with van der Waals surface area (Å²) in [7, 11) is 0. The van der Waals surface area contributed by atoms with E-state index < -0.39 is 5.91 Å². The summed E-state index contributed by atoms with van der Waals surface area (Å²) in [6, 6.07) is 6.94. The van der Waals surface area contributed by atoms with Gasteiger partial charge in [0, 0.05) is 16.2 Å². The fourth-order valence-corrected chi connectivity index (χ4v) is 1.09. The molecule has 0 aliphatic heterocycles. The first-order valence-electron chi connectivity index (χ1n) is 3.36. The van der Waals surface area contributed by atoms with Crippen LogP contribution in [0.2, 0.25) is 5.02 Å². The van der Waals surface area contributed by atoms with Crippen LogP contribution < -0.4 is 5.73 Å². The predicted molar refractivity (Wildman–Crippen MR) is 49.7 cm³/mol. The summed E-state index contributed by atoms with van der Waals surface area (Å²) in [6.45, 7) is 3.53. The number of benzene rings is 1. The molecule has 1 aromatic rings. The van der Waals surface area contributed by atoms with Gasteiger partial charge in [0.05, 0.1) is 0 Å². The smallest absolute Gasteiger partial charge is 0.248 e. The van der Waals surface area contributed by atoms with E-state index in [0.717, 1.165) is 0 Å². The molecule has 0 aliphatic rings. The van der Waals surface area contributed by atoms with E-state index >= 15 is 0 Å². The number of halogens is 1. The highest BCUT2D eigenvalue weighted by Gasteiger charge is 2.07. The lowest BCUT2D eigenvalue weighted by Crippen LogP contribution is -2.12. The summed E-state index contributed by atoms with van der Waals surface area (Å²) in [6.07, 6.45) is 0. The molecule has 12 heavy (non-hydrogen) atoms. The van der Waals surface area contributed by atoms with Crippen LogP contribution in [-0.4, -0.2) is 5.91 Å². The first-order valence-corrected chi connectivity index (χ1v) is 3.74. The van der Waals surface area contributed by atoms with E-state index in [1.807, 2.05) is 0 Å². The Balaban J connectivity index is 3.11. The fourth-order valence-electron chi connectivity index (χ4n) is 0.839. The van der Waals surface area contributed by atoms with Crippen molar-refractivity contribution in [1.29, 1.82) is 0 Å². The summed E-state index contributed by atoms with van der Waals surface area (Å²) in [5, 5.41) is 0.487. The predicted octanol–water partition coefficient (Wildman–Crippen LogP) is 1.84. The summed E-state index contributed by atoms with van der Waals surface area (Å²) in [4.78, 5) is 10.7. The molecule has 0 saturated heterocycles. The summed E-state index contributed by atoms with van der Waals surface area (Å²) in [5.74, 6) is -0.553. The van der Waals surface area contributed by atoms with E-state index in [1.165, 1.54) is 0 Å². The van der Waals surface area contributed by atoms with Crippen molar-refractivity contribution in [2.24, 2.45) is 5.73 Å². The van der Waals surface area contributed by atoms with Gasteiger partial charge in [-0.1, -0.05) is 36.4 Å². The number of rotatable bonds is 2. The van der Waals surface area contributed by atoms with Crippen molar-refractivity contribution in [3.63, 3.8) is 0 Å². The van der Waals surface area contributed by atoms with E-state index in [1.54, 1.807) is 24.3 Å². The largest absolute Gasteiger partial charge is 0.366 e. The third-order valence-electron chi connectivity index (χ3n) is 1.50. The van der Waals surface area contributed by atoms with E-state index in [2.05, 4.69) is 6.58 Å². The molecule has 1 aromatic carbocycles. The minimum Gasteiger partial charge on any atom is -0.366 e. The Morgan fingerprint density at radius 2 is 2.00 bits per heavy atom. The van der Waals surface area contributed by atoms with E-state index in [4.69, 9.17) is 17.3 Å². The van der Waals surface area contributed by atoms with Gasteiger partial charge in [-0.15, -0.1) is 0 Å². The van der Waals surface area contributed by atoms with Gasteiger partial charge in [-0.05, 0) is 6.07 Å². The summed E-state index contributed by atoms with van der Waals surface area (Å²) < 4.78 is 0. The van der Waals surface area contributed by atoms with Crippen molar-refractivity contribution in [2.45, 2.75) is 0 Å². The van der Waals surface area contributed by atoms with Gasteiger partial charge in [-0.3, -0.25) is 4.79 Å². The van der Waals surface area contributed by atoms with Crippen LogP contribution in [0.4, 0.5) is 0 Å². The summed E-state index contributed by atoms with van der Waals surface area (Å²) >= 11 is 5.79. The van der Waals surface area contributed by atoms with Gasteiger partial charge < -0.3 is 5.73 Å². The monoisotopic (exact) mass is 181 g/mol. The molecule has 62 valence electrons. The molecular formula is C9H8ClNO. The van der Waals surface area contributed by atoms with Crippen molar-refractivity contribution >= 4 is 23.1 Å². The topological polar surface area (TPSA) is 43.1 Å². The zero-order valence-electron chi connectivity index (χ0n) is 6.38. The first kappa shape index (κ1) is 8.81. The van der Waals surface area contributed by atoms with Crippen molar-refractivity contribution in [3.05, 3.63) is 41.4 Å². The average Bonchev–Trinajstić information content (AvgIpc) is 2.04. The zero-order valence-corrected chi connectivity index (χ0v) is 7.14. The van der Waals surface area contributed by atoms with Crippen LogP contribution in [0.1, 0.15) is 5.56 Å². The molecule has 0 aliphatic carbocycles. The van der Waals surface area contributed by atoms with Crippen molar-refractivity contribution in [1.82, 2.24) is 0 Å². The van der Waals surface area contributed by atoms with Gasteiger partial charge in [0.15, 0.2) is 0 Å². The maximum Gasteiger partial charge on any atom is 0.248 e. The molecular weight excluding hydrogens is 174 g/mol. The molecule has 0 atom stereocenters. The summed E-state index contributed by atoms with van der Waals surface area (Å²) in [5.41, 5.74) is 5.87. The van der Waals surface area contributed by atoms with Gasteiger partial charge in [-0.2, -0.15) is 0 Å². The zero-order chi connectivity index (χ0) is 9.14. The maximum absolute atomic E-state index is 10.7. The van der Waals surface area contributed by atoms with E-state index in [-0.39, 0.29) is 5.57 Å². The number of carbonyl (C=O) groups is 1. The van der Waals surface area contributed by atoms with Gasteiger partial charge in [0.25, 0.3) is 0 Å². The Morgan fingerprint density at radius 1 is 1.42 bits per heavy atom. The molecule has 0 heterocycles. The van der Waals surface area contributed by atoms with Crippen LogP contribution in [0.3, 0.4) is 0 Å². The lowest BCUT2D eigenvalue weighted by Gasteiger charge is -2.02. The van der Waals surface area contributed by atoms with Crippen LogP contribution in [0, 0.1) is 0 Å². The normalized spacial score (nSPS) is 9.42. The SMILES string of the molecule is C=C(C(N)=O)c1ccccc1Cl. The maximum atomic E-state index is 10.7. The first-order chi connectivity index (χ1) is 5.63. The second-order valence-electron chi connectivity index (χ2n) is 2.32. The Morgan fingerprint density at radius 3 is 2.50 bits per heavy atom. The fraction of sp³-hybridized carbons (Fsp3) is 0. The molecule has 0 bridgehead atoms. The minimum absolute atomic E-state index is 0.237. The minimum atomic E-state index is -0.553. The van der Waals surface area contributed by atoms with E-state index in [9.17, 15) is 4.79 Å². The molecule has 1 rings (SSSR count). The van der Waals surface area contributed by atoms with Crippen molar-refractivity contribution < 1.29 is 4.79 Å². The third-order valence-corrected chi connectivity index (χ3v) is 1.83. The number of amides is 1. The van der Waals surface area contributed by atoms with Crippen molar-refractivity contribution in [2.75, 3.05) is 0 Å². The van der Waals surface area contributed by atoms with Crippen LogP contribution in [-0.2, 0) is 4.79 Å². The molecule has 0 radical (unpaired) electrons. The highest BCUT2D eigenvalue weighted by Crippen LogP contribution is 2.21. The molecule has 0 unspecified atom stereocenters. The van der Waals surface area contributed by atoms with Crippen LogP contribution >= 0.6 is 11.6 Å². The number of carbonyl (C=O) groups excluding carboxylic acids is 1. The Bertz CT molecular complexity index is 333. The Kier molecular flexibility index (Phi) is 2.51. The van der Waals surface area contributed by atoms with E-state index in [0.29, 0.717) is 10.6 Å². The molecule has 0 aromatic heterocycles. The molecule has 0 spiro atoms. The van der Waals surface area contributed by atoms with Crippen LogP contribution in [0.15, 0.2) is 30.8 Å². The van der Waals surface area contributed by atoms with Gasteiger partial charge in [-0.25, -0.2) is 0 Å². The second-order valence-corrected chi connectivity index (χ2v) is 2.73. The third kappa shape index (κ3) is 1.66. The quantitative estimate of drug-likeness (QED) is 0.696. The highest BCUT2D eigenvalue weighted by molar-refractivity contribution is 6.34. The highest BCUT2D eigenvalue weighted by atomic mass is 35.5. The second kappa shape index (κ2) is 3.41. The lowest BCUT2D eigenvalue weighted by atomic mass is 10.1. The number of primary amides is 1. The molecule has 0 saturated carbocycles. The molecule has 0 fully saturated rings. The Labute approximate surface area is 75.6 Å². The number of hydrogen-bond donors (Lipinski definition) is 1. The molecule has 3 heteroatoms. The molecule has 2 N–H and O–H groups in total.